The van der Waals surface area contributed by atoms with Crippen LogP contribution in [0.5, 0.6) is 6.01 Å². The first-order valence-corrected chi connectivity index (χ1v) is 13.7. The molecule has 0 bridgehead atoms. The number of hydrogen-bond donors (Lipinski definition) is 1. The lowest BCUT2D eigenvalue weighted by atomic mass is 10.0. The number of nitrogens with zero attached hydrogens (tertiary/aromatic N) is 7. The Labute approximate surface area is 236 Å². The highest BCUT2D eigenvalue weighted by Crippen LogP contribution is 2.35. The molecule has 0 aliphatic carbocycles. The third-order valence-corrected chi connectivity index (χ3v) is 8.12. The molecule has 0 spiro atoms. The summed E-state index contributed by atoms with van der Waals surface area (Å²) in [6, 6.07) is 15.2. The number of piperazine rings is 1. The number of pyridine rings is 1. The Hall–Kier alpha value is -4.56. The lowest BCUT2D eigenvalue weighted by molar-refractivity contribution is 0.119. The van der Waals surface area contributed by atoms with E-state index in [1.54, 1.807) is 6.20 Å². The zero-order valence-corrected chi connectivity index (χ0v) is 22.7. The first-order valence-electron chi connectivity index (χ1n) is 13.7. The summed E-state index contributed by atoms with van der Waals surface area (Å²) in [5.74, 6) is -0.170. The maximum atomic E-state index is 16.4. The van der Waals surface area contributed by atoms with Crippen molar-refractivity contribution < 1.29 is 19.0 Å². The van der Waals surface area contributed by atoms with E-state index in [4.69, 9.17) is 4.74 Å². The van der Waals surface area contributed by atoms with Gasteiger partial charge in [-0.1, -0.05) is 42.5 Å². The summed E-state index contributed by atoms with van der Waals surface area (Å²) in [4.78, 5) is 30.9. The maximum absolute atomic E-state index is 16.4. The Kier molecular flexibility index (Phi) is 7.24. The summed E-state index contributed by atoms with van der Waals surface area (Å²) in [6.45, 7) is 2.08. The number of nitriles is 1. The minimum Gasteiger partial charge on any atom is -0.465 e. The Bertz CT molecular complexity index is 1650. The molecule has 210 valence electrons. The molecule has 0 saturated carbocycles. The highest BCUT2D eigenvalue weighted by Gasteiger charge is 2.33. The van der Waals surface area contributed by atoms with Gasteiger partial charge in [-0.3, -0.25) is 4.98 Å². The van der Waals surface area contributed by atoms with Gasteiger partial charge in [-0.05, 0) is 37.2 Å². The molecule has 4 heterocycles. The Balaban J connectivity index is 1.45. The van der Waals surface area contributed by atoms with Crippen LogP contribution in [-0.4, -0.2) is 87.9 Å². The number of hydrogen-bond acceptors (Lipinski definition) is 8. The highest BCUT2D eigenvalue weighted by molar-refractivity contribution is 5.99. The monoisotopic (exact) mass is 555 g/mol. The van der Waals surface area contributed by atoms with Crippen molar-refractivity contribution in [3.05, 3.63) is 54.5 Å². The summed E-state index contributed by atoms with van der Waals surface area (Å²) in [7, 11) is 2.05. The van der Waals surface area contributed by atoms with Crippen molar-refractivity contribution in [2.24, 2.45) is 0 Å². The number of likely N-dealkylation sites (tertiary alicyclic amines) is 1. The van der Waals surface area contributed by atoms with Crippen molar-refractivity contribution in [1.82, 2.24) is 24.8 Å². The molecule has 0 unspecified atom stereocenters. The first kappa shape index (κ1) is 26.7. The van der Waals surface area contributed by atoms with E-state index in [0.717, 1.165) is 30.2 Å². The van der Waals surface area contributed by atoms with E-state index >= 15 is 4.39 Å². The standard InChI is InChI=1S/C30H30FN7O3/c1-36-13-5-8-21(36)18-41-29-34-27-24(28(35-29)37-14-15-38(30(39)40)20(17-37)11-12-32)16-33-26(25(27)31)23-10-4-7-19-6-2-3-9-22(19)23/h2-4,6-7,9-10,16,20-21H,5,8,11,13-15,17-18H2,1H3,(H,39,40)/t20-,21-/m0/s1. The first-order chi connectivity index (χ1) is 19.9. The number of halogens is 1. The lowest BCUT2D eigenvalue weighted by Crippen LogP contribution is -2.55. The largest absolute Gasteiger partial charge is 0.465 e. The van der Waals surface area contributed by atoms with Crippen molar-refractivity contribution in [3.8, 4) is 23.3 Å². The molecular formula is C30H30FN7O3. The van der Waals surface area contributed by atoms with Crippen LogP contribution in [0.15, 0.2) is 48.7 Å². The number of anilines is 1. The molecule has 2 aliphatic heterocycles. The lowest BCUT2D eigenvalue weighted by Gasteiger charge is -2.39. The summed E-state index contributed by atoms with van der Waals surface area (Å²) < 4.78 is 22.5. The smallest absolute Gasteiger partial charge is 0.407 e. The van der Waals surface area contributed by atoms with Crippen LogP contribution in [0.4, 0.5) is 15.0 Å². The number of ether oxygens (including phenoxy) is 1. The maximum Gasteiger partial charge on any atom is 0.407 e. The zero-order chi connectivity index (χ0) is 28.5. The van der Waals surface area contributed by atoms with Gasteiger partial charge in [0.1, 0.15) is 23.6 Å². The van der Waals surface area contributed by atoms with E-state index in [2.05, 4.69) is 25.9 Å². The third kappa shape index (κ3) is 5.07. The predicted molar refractivity (Wildman–Crippen MR) is 152 cm³/mol. The molecule has 1 N–H and O–H groups in total. The highest BCUT2D eigenvalue weighted by atomic mass is 19.1. The Morgan fingerprint density at radius 1 is 1.12 bits per heavy atom. The minimum absolute atomic E-state index is 0.0288. The predicted octanol–water partition coefficient (Wildman–Crippen LogP) is 4.54. The number of rotatable bonds is 6. The van der Waals surface area contributed by atoms with Crippen LogP contribution >= 0.6 is 0 Å². The molecule has 1 amide bonds. The number of amides is 1. The fraction of sp³-hybridized carbons (Fsp3) is 0.367. The van der Waals surface area contributed by atoms with Gasteiger partial charge < -0.3 is 24.5 Å². The Morgan fingerprint density at radius 2 is 1.95 bits per heavy atom. The molecule has 4 aromatic rings. The second-order valence-electron chi connectivity index (χ2n) is 10.6. The number of fused-ring (bicyclic) bond motifs is 2. The van der Waals surface area contributed by atoms with Crippen molar-refractivity contribution in [1.29, 1.82) is 5.26 Å². The van der Waals surface area contributed by atoms with E-state index in [0.29, 0.717) is 29.9 Å². The summed E-state index contributed by atoms with van der Waals surface area (Å²) in [5, 5.41) is 21.2. The fourth-order valence-electron chi connectivity index (χ4n) is 5.89. The number of carboxylic acid groups (broad SMARTS) is 1. The van der Waals surface area contributed by atoms with Gasteiger partial charge in [0.2, 0.25) is 0 Å². The van der Waals surface area contributed by atoms with E-state index in [9.17, 15) is 15.2 Å². The molecule has 10 nitrogen and oxygen atoms in total. The van der Waals surface area contributed by atoms with Gasteiger partial charge in [-0.15, -0.1) is 0 Å². The molecule has 11 heteroatoms. The number of benzene rings is 2. The molecule has 2 saturated heterocycles. The SMILES string of the molecule is CN1CCC[C@H]1COc1nc(N2CCN(C(=O)O)[C@@H](CC#N)C2)c2cnc(-c3cccc4ccccc34)c(F)c2n1. The average Bonchev–Trinajstić information content (AvgIpc) is 3.40. The van der Waals surface area contributed by atoms with Crippen LogP contribution in [0.25, 0.3) is 32.9 Å². The van der Waals surface area contributed by atoms with Crippen LogP contribution in [0.3, 0.4) is 0 Å². The van der Waals surface area contributed by atoms with Crippen LogP contribution in [0.1, 0.15) is 19.3 Å². The van der Waals surface area contributed by atoms with Crippen LogP contribution in [0, 0.1) is 17.1 Å². The molecule has 2 aromatic heterocycles. The van der Waals surface area contributed by atoms with E-state index < -0.39 is 18.0 Å². The van der Waals surface area contributed by atoms with Gasteiger partial charge in [0.15, 0.2) is 5.82 Å². The number of aromatic nitrogens is 3. The molecule has 41 heavy (non-hydrogen) atoms. The molecule has 2 aromatic carbocycles. The number of likely N-dealkylation sites (N-methyl/N-ethyl adjacent to an activating group) is 1. The molecule has 2 aliphatic rings. The molecule has 6 rings (SSSR count). The van der Waals surface area contributed by atoms with Gasteiger partial charge in [-0.2, -0.15) is 15.2 Å². The van der Waals surface area contributed by atoms with Gasteiger partial charge >= 0.3 is 12.1 Å². The van der Waals surface area contributed by atoms with Gasteiger partial charge in [0.05, 0.1) is 23.9 Å². The normalized spacial score (nSPS) is 19.5. The topological polar surface area (TPSA) is 119 Å². The fourth-order valence-corrected chi connectivity index (χ4v) is 5.89. The van der Waals surface area contributed by atoms with E-state index in [1.807, 2.05) is 54.4 Å². The zero-order valence-electron chi connectivity index (χ0n) is 22.7. The van der Waals surface area contributed by atoms with Crippen LogP contribution in [0.2, 0.25) is 0 Å². The molecule has 2 fully saturated rings. The van der Waals surface area contributed by atoms with Gasteiger partial charge in [0, 0.05) is 37.4 Å². The Morgan fingerprint density at radius 3 is 2.73 bits per heavy atom. The van der Waals surface area contributed by atoms with Crippen LogP contribution in [-0.2, 0) is 0 Å². The van der Waals surface area contributed by atoms with Crippen molar-refractivity contribution in [2.45, 2.75) is 31.3 Å². The average molecular weight is 556 g/mol. The van der Waals surface area contributed by atoms with Crippen LogP contribution < -0.4 is 9.64 Å². The molecular weight excluding hydrogens is 525 g/mol. The van der Waals surface area contributed by atoms with E-state index in [1.165, 1.54) is 4.90 Å². The summed E-state index contributed by atoms with van der Waals surface area (Å²) in [5.41, 5.74) is 0.917. The molecule has 0 radical (unpaired) electrons. The minimum atomic E-state index is -1.07. The summed E-state index contributed by atoms with van der Waals surface area (Å²) >= 11 is 0. The third-order valence-electron chi connectivity index (χ3n) is 8.12. The van der Waals surface area contributed by atoms with Crippen molar-refractivity contribution in [3.63, 3.8) is 0 Å². The second kappa shape index (κ2) is 11.1. The van der Waals surface area contributed by atoms with E-state index in [-0.39, 0.29) is 42.8 Å². The quantitative estimate of drug-likeness (QED) is 0.366. The second-order valence-corrected chi connectivity index (χ2v) is 10.6. The van der Waals surface area contributed by atoms with Crippen molar-refractivity contribution in [2.75, 3.05) is 44.7 Å². The van der Waals surface area contributed by atoms with Gasteiger partial charge in [-0.25, -0.2) is 9.18 Å². The summed E-state index contributed by atoms with van der Waals surface area (Å²) in [6.07, 6.45) is 2.60. The van der Waals surface area contributed by atoms with Gasteiger partial charge in [0.25, 0.3) is 0 Å². The molecule has 2 atom stereocenters. The van der Waals surface area contributed by atoms with Crippen molar-refractivity contribution >= 4 is 33.6 Å². The number of carbonyl (C=O) groups is 1.